The van der Waals surface area contributed by atoms with E-state index in [1.165, 1.54) is 56.9 Å². The number of benzene rings is 1. The van der Waals surface area contributed by atoms with E-state index in [1.54, 1.807) is 28.1 Å². The van der Waals surface area contributed by atoms with Crippen molar-refractivity contribution in [3.8, 4) is 5.75 Å². The summed E-state index contributed by atoms with van der Waals surface area (Å²) in [5, 5.41) is 0. The minimum atomic E-state index is 0.567. The average Bonchev–Trinajstić information content (AvgIpc) is 2.60. The van der Waals surface area contributed by atoms with Gasteiger partial charge in [0.1, 0.15) is 5.75 Å². The molecule has 3 aliphatic rings. The minimum absolute atomic E-state index is 0.567. The van der Waals surface area contributed by atoms with E-state index in [-0.39, 0.29) is 0 Å². The van der Waals surface area contributed by atoms with E-state index in [0.717, 1.165) is 5.75 Å². The third kappa shape index (κ3) is 2.52. The van der Waals surface area contributed by atoms with E-state index in [2.05, 4.69) is 36.0 Å². The Labute approximate surface area is 137 Å². The molecule has 0 amide bonds. The fourth-order valence-corrected chi connectivity index (χ4v) is 5.70. The van der Waals surface area contributed by atoms with Gasteiger partial charge in [-0.05, 0) is 90.0 Å². The highest BCUT2D eigenvalue weighted by atomic mass is 32.2. The van der Waals surface area contributed by atoms with Crippen molar-refractivity contribution in [3.63, 3.8) is 0 Å². The largest absolute Gasteiger partial charge is 0.497 e. The molecule has 22 heavy (non-hydrogen) atoms. The van der Waals surface area contributed by atoms with Gasteiger partial charge in [0.2, 0.25) is 0 Å². The fraction of sp³-hybridized carbons (Fsp3) is 0.500. The predicted octanol–water partition coefficient (Wildman–Crippen LogP) is 6.18. The molecule has 0 N–H and O–H groups in total. The predicted molar refractivity (Wildman–Crippen MR) is 94.3 cm³/mol. The van der Waals surface area contributed by atoms with Crippen molar-refractivity contribution < 1.29 is 4.74 Å². The third-order valence-electron chi connectivity index (χ3n) is 5.31. The summed E-state index contributed by atoms with van der Waals surface area (Å²) >= 11 is 2.14. The van der Waals surface area contributed by atoms with Crippen LogP contribution in [0.1, 0.15) is 62.8 Å². The summed E-state index contributed by atoms with van der Waals surface area (Å²) in [6.45, 7) is 0. The molecule has 0 fully saturated rings. The van der Waals surface area contributed by atoms with Crippen LogP contribution in [0.5, 0.6) is 5.75 Å². The standard InChI is InChI=1S/C20H24OS/c1-21-15-12-10-14(11-13-15)20-16-6-2-4-8-18(16)22-19-9-5-3-7-17(19)20/h10-13,20H,2-9H2,1H3. The number of ether oxygens (including phenoxy) is 1. The molecule has 2 aliphatic carbocycles. The number of hydrogen-bond acceptors (Lipinski definition) is 2. The van der Waals surface area contributed by atoms with Crippen LogP contribution in [-0.2, 0) is 0 Å². The second-order valence-electron chi connectivity index (χ2n) is 6.62. The maximum absolute atomic E-state index is 5.34. The van der Waals surface area contributed by atoms with E-state index in [0.29, 0.717) is 5.92 Å². The van der Waals surface area contributed by atoms with Crippen LogP contribution in [0, 0.1) is 0 Å². The number of hydrogen-bond donors (Lipinski definition) is 0. The van der Waals surface area contributed by atoms with Crippen LogP contribution in [0.3, 0.4) is 0 Å². The molecule has 1 aromatic rings. The molecular formula is C20H24OS. The van der Waals surface area contributed by atoms with Gasteiger partial charge < -0.3 is 4.74 Å². The number of allylic oxidation sites excluding steroid dienone is 4. The van der Waals surface area contributed by atoms with Crippen molar-refractivity contribution in [2.75, 3.05) is 7.11 Å². The first-order valence-electron chi connectivity index (χ1n) is 8.62. The zero-order valence-electron chi connectivity index (χ0n) is 13.4. The Morgan fingerprint density at radius 2 is 1.36 bits per heavy atom. The molecule has 116 valence electrons. The van der Waals surface area contributed by atoms with Gasteiger partial charge in [0, 0.05) is 5.92 Å². The minimum Gasteiger partial charge on any atom is -0.497 e. The van der Waals surface area contributed by atoms with Crippen LogP contribution in [-0.4, -0.2) is 7.11 Å². The quantitative estimate of drug-likeness (QED) is 0.644. The smallest absolute Gasteiger partial charge is 0.118 e. The monoisotopic (exact) mass is 312 g/mol. The van der Waals surface area contributed by atoms with Gasteiger partial charge in [0.15, 0.2) is 0 Å². The average molecular weight is 312 g/mol. The molecule has 1 nitrogen and oxygen atoms in total. The van der Waals surface area contributed by atoms with Crippen LogP contribution in [0.15, 0.2) is 45.2 Å². The highest BCUT2D eigenvalue weighted by molar-refractivity contribution is 8.06. The van der Waals surface area contributed by atoms with Crippen molar-refractivity contribution >= 4 is 11.8 Å². The number of thioether (sulfide) groups is 1. The molecule has 1 aliphatic heterocycles. The first kappa shape index (κ1) is 14.4. The molecule has 4 rings (SSSR count). The lowest BCUT2D eigenvalue weighted by Crippen LogP contribution is -2.18. The Bertz CT molecular complexity index is 592. The summed E-state index contributed by atoms with van der Waals surface area (Å²) in [4.78, 5) is 3.40. The van der Waals surface area contributed by atoms with Gasteiger partial charge in [-0.25, -0.2) is 0 Å². The van der Waals surface area contributed by atoms with Gasteiger partial charge in [0.05, 0.1) is 7.11 Å². The van der Waals surface area contributed by atoms with Gasteiger partial charge >= 0.3 is 0 Å². The maximum atomic E-state index is 5.34. The van der Waals surface area contributed by atoms with Crippen molar-refractivity contribution in [1.82, 2.24) is 0 Å². The molecule has 1 aromatic carbocycles. The lowest BCUT2D eigenvalue weighted by atomic mass is 9.76. The summed E-state index contributed by atoms with van der Waals surface area (Å²) in [7, 11) is 1.75. The second-order valence-corrected chi connectivity index (χ2v) is 7.81. The molecule has 0 saturated carbocycles. The summed E-state index contributed by atoms with van der Waals surface area (Å²) in [6.07, 6.45) is 10.7. The molecule has 0 unspecified atom stereocenters. The zero-order chi connectivity index (χ0) is 14.9. The summed E-state index contributed by atoms with van der Waals surface area (Å²) in [6, 6.07) is 8.84. The van der Waals surface area contributed by atoms with Crippen LogP contribution in [0.2, 0.25) is 0 Å². The fourth-order valence-electron chi connectivity index (χ4n) is 4.20. The first-order chi connectivity index (χ1) is 10.9. The molecule has 2 heteroatoms. The summed E-state index contributed by atoms with van der Waals surface area (Å²) in [5.74, 6) is 1.53. The van der Waals surface area contributed by atoms with E-state index in [4.69, 9.17) is 4.74 Å². The van der Waals surface area contributed by atoms with Crippen molar-refractivity contribution in [2.45, 2.75) is 57.3 Å². The zero-order valence-corrected chi connectivity index (χ0v) is 14.2. The van der Waals surface area contributed by atoms with Crippen molar-refractivity contribution in [3.05, 3.63) is 50.8 Å². The topological polar surface area (TPSA) is 9.23 Å². The Morgan fingerprint density at radius 3 is 1.91 bits per heavy atom. The Balaban J connectivity index is 1.77. The van der Waals surface area contributed by atoms with Crippen LogP contribution in [0.4, 0.5) is 0 Å². The van der Waals surface area contributed by atoms with E-state index < -0.39 is 0 Å². The third-order valence-corrected chi connectivity index (χ3v) is 6.73. The second kappa shape index (κ2) is 6.16. The lowest BCUT2D eigenvalue weighted by molar-refractivity contribution is 0.414. The molecular weight excluding hydrogens is 288 g/mol. The molecule has 0 bridgehead atoms. The lowest BCUT2D eigenvalue weighted by Gasteiger charge is -2.37. The molecule has 0 spiro atoms. The molecule has 1 heterocycles. The molecule has 0 saturated heterocycles. The van der Waals surface area contributed by atoms with Crippen LogP contribution in [0.25, 0.3) is 0 Å². The molecule has 0 radical (unpaired) electrons. The molecule has 0 atom stereocenters. The maximum Gasteiger partial charge on any atom is 0.118 e. The van der Waals surface area contributed by atoms with E-state index >= 15 is 0 Å². The highest BCUT2D eigenvalue weighted by Crippen LogP contribution is 2.55. The highest BCUT2D eigenvalue weighted by Gasteiger charge is 2.33. The number of methoxy groups -OCH3 is 1. The van der Waals surface area contributed by atoms with Gasteiger partial charge in [-0.3, -0.25) is 0 Å². The van der Waals surface area contributed by atoms with Gasteiger partial charge in [-0.2, -0.15) is 0 Å². The summed E-state index contributed by atoms with van der Waals surface area (Å²) < 4.78 is 5.34. The summed E-state index contributed by atoms with van der Waals surface area (Å²) in [5.41, 5.74) is 4.95. The van der Waals surface area contributed by atoms with Gasteiger partial charge in [0.25, 0.3) is 0 Å². The Morgan fingerprint density at radius 1 is 0.818 bits per heavy atom. The van der Waals surface area contributed by atoms with Crippen LogP contribution < -0.4 is 4.74 Å². The number of rotatable bonds is 2. The Hall–Kier alpha value is -1.15. The van der Waals surface area contributed by atoms with Gasteiger partial charge in [-0.1, -0.05) is 23.9 Å². The normalized spacial score (nSPS) is 22.4. The van der Waals surface area contributed by atoms with Crippen LogP contribution >= 0.6 is 11.8 Å². The SMILES string of the molecule is COc1ccc(C2C3=C(CCCC3)SC3=C2CCCC3)cc1. The first-order valence-corrected chi connectivity index (χ1v) is 9.44. The van der Waals surface area contributed by atoms with E-state index in [1.807, 2.05) is 0 Å². The van der Waals surface area contributed by atoms with Gasteiger partial charge in [-0.15, -0.1) is 0 Å². The van der Waals surface area contributed by atoms with Crippen molar-refractivity contribution in [1.29, 1.82) is 0 Å². The Kier molecular flexibility index (Phi) is 4.04. The van der Waals surface area contributed by atoms with E-state index in [9.17, 15) is 0 Å². The molecule has 0 aromatic heterocycles. The van der Waals surface area contributed by atoms with Crippen molar-refractivity contribution in [2.24, 2.45) is 0 Å².